The van der Waals surface area contributed by atoms with Gasteiger partial charge in [-0.25, -0.2) is 9.18 Å². The first-order chi connectivity index (χ1) is 13.8. The molecule has 152 valence electrons. The Hall–Kier alpha value is -2.71. The summed E-state index contributed by atoms with van der Waals surface area (Å²) in [7, 11) is -1.06. The highest BCUT2D eigenvalue weighted by molar-refractivity contribution is 6.62. The first-order valence-corrected chi connectivity index (χ1v) is 9.42. The number of carbonyl (C=O) groups excluding carboxylic acids is 2. The molecule has 0 fully saturated rings. The fourth-order valence-corrected chi connectivity index (χ4v) is 3.34. The summed E-state index contributed by atoms with van der Waals surface area (Å²) in [5, 5.41) is 12.7. The number of halogens is 1. The number of hydrogen-bond acceptors (Lipinski definition) is 5. The molecule has 0 saturated heterocycles. The van der Waals surface area contributed by atoms with Crippen molar-refractivity contribution in [1.29, 1.82) is 0 Å². The number of carbonyl (C=O) groups is 2. The van der Waals surface area contributed by atoms with Crippen molar-refractivity contribution < 1.29 is 28.4 Å². The van der Waals surface area contributed by atoms with Crippen molar-refractivity contribution >= 4 is 24.5 Å². The van der Waals surface area contributed by atoms with Crippen molar-refractivity contribution in [3.05, 3.63) is 64.5 Å². The van der Waals surface area contributed by atoms with E-state index in [2.05, 4.69) is 5.32 Å². The third-order valence-electron chi connectivity index (χ3n) is 4.97. The van der Waals surface area contributed by atoms with Crippen LogP contribution in [0.5, 0.6) is 0 Å². The highest BCUT2D eigenvalue weighted by atomic mass is 19.1. The maximum atomic E-state index is 13.3. The zero-order chi connectivity index (χ0) is 21.1. The lowest BCUT2D eigenvalue weighted by molar-refractivity contribution is -0.148. The molecular weight excluding hydrogens is 376 g/mol. The summed E-state index contributed by atoms with van der Waals surface area (Å²) in [4.78, 5) is 25.4. The quantitative estimate of drug-likeness (QED) is 0.572. The molecule has 1 heterocycles. The van der Waals surface area contributed by atoms with Crippen molar-refractivity contribution in [3.8, 4) is 0 Å². The van der Waals surface area contributed by atoms with Gasteiger partial charge in [-0.1, -0.05) is 32.0 Å². The summed E-state index contributed by atoms with van der Waals surface area (Å²) in [6.45, 7) is 5.53. The molecule has 0 spiro atoms. The summed E-state index contributed by atoms with van der Waals surface area (Å²) >= 11 is 0. The Morgan fingerprint density at radius 1 is 1.31 bits per heavy atom. The molecule has 1 unspecified atom stereocenters. The van der Waals surface area contributed by atoms with Gasteiger partial charge in [-0.3, -0.25) is 4.79 Å². The first-order valence-electron chi connectivity index (χ1n) is 9.42. The third-order valence-corrected chi connectivity index (χ3v) is 4.97. The van der Waals surface area contributed by atoms with E-state index in [1.54, 1.807) is 39.0 Å². The third kappa shape index (κ3) is 4.66. The molecule has 2 aromatic carbocycles. The second-order valence-electron chi connectivity index (χ2n) is 7.41. The minimum atomic E-state index is -1.06. The van der Waals surface area contributed by atoms with E-state index in [9.17, 15) is 19.0 Å². The van der Waals surface area contributed by atoms with Crippen LogP contribution in [0.1, 0.15) is 40.9 Å². The van der Waals surface area contributed by atoms with E-state index >= 15 is 0 Å². The number of rotatable bonds is 6. The number of esters is 1. The van der Waals surface area contributed by atoms with Crippen LogP contribution in [0.2, 0.25) is 0 Å². The molecule has 2 aromatic rings. The van der Waals surface area contributed by atoms with Gasteiger partial charge < -0.3 is 19.7 Å². The van der Waals surface area contributed by atoms with Crippen LogP contribution in [0.15, 0.2) is 36.4 Å². The van der Waals surface area contributed by atoms with E-state index in [0.717, 1.165) is 5.56 Å². The number of benzene rings is 2. The molecule has 3 rings (SSSR count). The Bertz CT molecular complexity index is 933. The molecule has 1 atom stereocenters. The Morgan fingerprint density at radius 2 is 2.07 bits per heavy atom. The van der Waals surface area contributed by atoms with Crippen LogP contribution in [-0.2, 0) is 27.4 Å². The predicted octanol–water partition coefficient (Wildman–Crippen LogP) is 1.85. The molecule has 0 saturated carbocycles. The summed E-state index contributed by atoms with van der Waals surface area (Å²) < 4.78 is 23.8. The van der Waals surface area contributed by atoms with Gasteiger partial charge in [-0.2, -0.15) is 0 Å². The van der Waals surface area contributed by atoms with Crippen LogP contribution in [0.4, 0.5) is 4.39 Å². The lowest BCUT2D eigenvalue weighted by Crippen LogP contribution is -2.46. The highest BCUT2D eigenvalue weighted by Gasteiger charge is 2.32. The predicted molar refractivity (Wildman–Crippen MR) is 106 cm³/mol. The van der Waals surface area contributed by atoms with Crippen LogP contribution in [0.25, 0.3) is 0 Å². The maximum Gasteiger partial charge on any atom is 0.492 e. The van der Waals surface area contributed by atoms with E-state index < -0.39 is 30.9 Å². The number of hydrogen-bond donors (Lipinski definition) is 2. The van der Waals surface area contributed by atoms with Crippen LogP contribution in [-0.4, -0.2) is 30.1 Å². The normalized spacial score (nSPS) is 13.9. The minimum Gasteiger partial charge on any atom is -0.459 e. The van der Waals surface area contributed by atoms with Crippen molar-refractivity contribution in [1.82, 2.24) is 5.32 Å². The van der Waals surface area contributed by atoms with Crippen molar-refractivity contribution in [2.24, 2.45) is 5.92 Å². The van der Waals surface area contributed by atoms with Gasteiger partial charge in [0, 0.05) is 5.56 Å². The largest absolute Gasteiger partial charge is 0.492 e. The first kappa shape index (κ1) is 21.0. The maximum absolute atomic E-state index is 13.3. The number of ether oxygens (including phenoxy) is 1. The Labute approximate surface area is 169 Å². The van der Waals surface area contributed by atoms with Gasteiger partial charge in [0.2, 0.25) is 0 Å². The van der Waals surface area contributed by atoms with Crippen molar-refractivity contribution in [2.45, 2.75) is 40.0 Å². The zero-order valence-corrected chi connectivity index (χ0v) is 16.6. The molecule has 29 heavy (non-hydrogen) atoms. The molecule has 0 radical (unpaired) electrons. The van der Waals surface area contributed by atoms with Gasteiger partial charge in [0.1, 0.15) is 18.5 Å². The van der Waals surface area contributed by atoms with Crippen LogP contribution in [0.3, 0.4) is 0 Å². The lowest BCUT2D eigenvalue weighted by atomic mass is 9.75. The molecule has 8 heteroatoms. The second kappa shape index (κ2) is 8.76. The van der Waals surface area contributed by atoms with E-state index in [4.69, 9.17) is 9.39 Å². The molecule has 1 amide bonds. The molecule has 0 aromatic heterocycles. The molecule has 2 N–H and O–H groups in total. The SMILES string of the molecule is Cc1c(C(=O)NC(C(=O)OCc2cccc(F)c2)C(C)C)ccc2c1B(O)OC2. The molecule has 1 aliphatic heterocycles. The fourth-order valence-electron chi connectivity index (χ4n) is 3.34. The average molecular weight is 399 g/mol. The van der Waals surface area contributed by atoms with Crippen LogP contribution >= 0.6 is 0 Å². The lowest BCUT2D eigenvalue weighted by Gasteiger charge is -2.22. The van der Waals surface area contributed by atoms with Gasteiger partial charge in [0.15, 0.2) is 0 Å². The Balaban J connectivity index is 1.71. The Morgan fingerprint density at radius 3 is 2.76 bits per heavy atom. The van der Waals surface area contributed by atoms with E-state index in [0.29, 0.717) is 28.8 Å². The van der Waals surface area contributed by atoms with Gasteiger partial charge in [0.05, 0.1) is 6.61 Å². The van der Waals surface area contributed by atoms with E-state index in [1.165, 1.54) is 18.2 Å². The summed E-state index contributed by atoms with van der Waals surface area (Å²) in [6.07, 6.45) is 0. The molecule has 0 aliphatic carbocycles. The number of amides is 1. The highest BCUT2D eigenvalue weighted by Crippen LogP contribution is 2.17. The van der Waals surface area contributed by atoms with Gasteiger partial charge in [-0.05, 0) is 53.2 Å². The summed E-state index contributed by atoms with van der Waals surface area (Å²) in [6, 6.07) is 8.31. The van der Waals surface area contributed by atoms with E-state index in [-0.39, 0.29) is 12.5 Å². The summed E-state index contributed by atoms with van der Waals surface area (Å²) in [5.74, 6) is -1.67. The molecular formula is C21H23BFNO5. The van der Waals surface area contributed by atoms with Crippen LogP contribution in [0, 0.1) is 18.7 Å². The monoisotopic (exact) mass is 399 g/mol. The number of nitrogens with one attached hydrogen (secondary N) is 1. The number of fused-ring (bicyclic) bond motifs is 1. The smallest absolute Gasteiger partial charge is 0.459 e. The molecule has 6 nitrogen and oxygen atoms in total. The van der Waals surface area contributed by atoms with Gasteiger partial charge in [0.25, 0.3) is 5.91 Å². The molecule has 1 aliphatic rings. The summed E-state index contributed by atoms with van der Waals surface area (Å²) in [5.41, 5.74) is 2.92. The van der Waals surface area contributed by atoms with E-state index in [1.807, 2.05) is 0 Å². The standard InChI is InChI=1S/C21H23BFNO5/c1-12(2)19(21(26)28-10-14-5-4-6-16(23)9-14)24-20(25)17-8-7-15-11-29-22(27)18(15)13(17)3/h4-9,12,19,27H,10-11H2,1-3H3,(H,24,25). The van der Waals surface area contributed by atoms with Gasteiger partial charge >= 0.3 is 13.1 Å². The minimum absolute atomic E-state index is 0.0862. The second-order valence-corrected chi connectivity index (χ2v) is 7.41. The topological polar surface area (TPSA) is 84.9 Å². The Kier molecular flexibility index (Phi) is 6.34. The zero-order valence-electron chi connectivity index (χ0n) is 16.6. The van der Waals surface area contributed by atoms with Crippen molar-refractivity contribution in [3.63, 3.8) is 0 Å². The van der Waals surface area contributed by atoms with Crippen molar-refractivity contribution in [2.75, 3.05) is 0 Å². The average Bonchev–Trinajstić information content (AvgIpc) is 3.06. The fraction of sp³-hybridized carbons (Fsp3) is 0.333. The van der Waals surface area contributed by atoms with Crippen LogP contribution < -0.4 is 10.8 Å². The van der Waals surface area contributed by atoms with Gasteiger partial charge in [-0.15, -0.1) is 0 Å². The molecule has 0 bridgehead atoms.